The third-order valence-corrected chi connectivity index (χ3v) is 4.47. The maximum Gasteiger partial charge on any atom is 0.247 e. The first-order valence-electron chi connectivity index (χ1n) is 9.53. The zero-order chi connectivity index (χ0) is 22.5. The van der Waals surface area contributed by atoms with Crippen LogP contribution >= 0.6 is 0 Å². The van der Waals surface area contributed by atoms with E-state index in [1.54, 1.807) is 50.7 Å². The molecule has 2 N–H and O–H groups in total. The molecule has 164 valence electrons. The molecule has 0 atom stereocenters. The zero-order valence-corrected chi connectivity index (χ0v) is 17.3. The van der Waals surface area contributed by atoms with Crippen LogP contribution in [0.4, 0.5) is 5.82 Å². The average molecular weight is 436 g/mol. The first kappa shape index (κ1) is 21.0. The standard InChI is InChI=1S/C21H20N6O5/c1-30-17-6-15-16(7-18(17)31-2)22-12-23-21(15)32-14-8-24-27(9-14)10-20(29)26-19-5-3-4-13(11-28)25-19/h3-9,12,28H,10-11H2,1-2H3,(H,25,26,29). The second-order valence-corrected chi connectivity index (χ2v) is 6.60. The number of amides is 1. The van der Waals surface area contributed by atoms with Gasteiger partial charge in [-0.25, -0.2) is 15.0 Å². The van der Waals surface area contributed by atoms with Crippen molar-refractivity contribution in [2.45, 2.75) is 13.2 Å². The quantitative estimate of drug-likeness (QED) is 0.426. The SMILES string of the molecule is COc1cc2ncnc(Oc3cnn(CC(=O)Nc4cccc(CO)n4)c3)c2cc1OC. The van der Waals surface area contributed by atoms with E-state index in [1.165, 1.54) is 17.2 Å². The number of hydrogen-bond donors (Lipinski definition) is 2. The number of benzene rings is 1. The molecule has 3 aromatic heterocycles. The summed E-state index contributed by atoms with van der Waals surface area (Å²) in [4.78, 5) is 24.9. The number of carbonyl (C=O) groups is 1. The normalized spacial score (nSPS) is 10.7. The molecule has 32 heavy (non-hydrogen) atoms. The number of rotatable bonds is 8. The summed E-state index contributed by atoms with van der Waals surface area (Å²) >= 11 is 0. The molecular weight excluding hydrogens is 416 g/mol. The monoisotopic (exact) mass is 436 g/mol. The fourth-order valence-corrected chi connectivity index (χ4v) is 3.00. The van der Waals surface area contributed by atoms with Gasteiger partial charge < -0.3 is 24.6 Å². The lowest BCUT2D eigenvalue weighted by atomic mass is 10.2. The first-order valence-corrected chi connectivity index (χ1v) is 9.53. The van der Waals surface area contributed by atoms with Gasteiger partial charge in [-0.3, -0.25) is 9.48 Å². The van der Waals surface area contributed by atoms with Crippen LogP contribution in [0.2, 0.25) is 0 Å². The number of fused-ring (bicyclic) bond motifs is 1. The summed E-state index contributed by atoms with van der Waals surface area (Å²) in [5.41, 5.74) is 1.08. The molecule has 1 aromatic carbocycles. The summed E-state index contributed by atoms with van der Waals surface area (Å²) in [6.07, 6.45) is 4.44. The van der Waals surface area contributed by atoms with Gasteiger partial charge in [0.1, 0.15) is 18.7 Å². The van der Waals surface area contributed by atoms with Crippen LogP contribution in [-0.4, -0.2) is 50.0 Å². The van der Waals surface area contributed by atoms with Crippen LogP contribution in [0.3, 0.4) is 0 Å². The second kappa shape index (κ2) is 9.27. The Morgan fingerprint density at radius 3 is 2.75 bits per heavy atom. The highest BCUT2D eigenvalue weighted by Crippen LogP contribution is 2.35. The Morgan fingerprint density at radius 1 is 1.16 bits per heavy atom. The van der Waals surface area contributed by atoms with Gasteiger partial charge in [0.2, 0.25) is 11.8 Å². The summed E-state index contributed by atoms with van der Waals surface area (Å²) in [6, 6.07) is 8.46. The summed E-state index contributed by atoms with van der Waals surface area (Å²) in [7, 11) is 3.09. The molecule has 4 aromatic rings. The number of ether oxygens (including phenoxy) is 3. The highest BCUT2D eigenvalue weighted by Gasteiger charge is 2.14. The fourth-order valence-electron chi connectivity index (χ4n) is 3.00. The summed E-state index contributed by atoms with van der Waals surface area (Å²) < 4.78 is 17.9. The van der Waals surface area contributed by atoms with Crippen LogP contribution in [0.15, 0.2) is 49.1 Å². The van der Waals surface area contributed by atoms with Crippen molar-refractivity contribution < 1.29 is 24.1 Å². The van der Waals surface area contributed by atoms with Crippen molar-refractivity contribution in [2.75, 3.05) is 19.5 Å². The van der Waals surface area contributed by atoms with Crippen LogP contribution in [0.1, 0.15) is 5.69 Å². The number of anilines is 1. The lowest BCUT2D eigenvalue weighted by Crippen LogP contribution is -2.19. The maximum absolute atomic E-state index is 12.3. The van der Waals surface area contributed by atoms with Crippen LogP contribution in [-0.2, 0) is 17.9 Å². The molecule has 4 rings (SSSR count). The third-order valence-electron chi connectivity index (χ3n) is 4.47. The number of aliphatic hydroxyl groups excluding tert-OH is 1. The van der Waals surface area contributed by atoms with Crippen molar-refractivity contribution in [1.82, 2.24) is 24.7 Å². The van der Waals surface area contributed by atoms with Gasteiger partial charge in [-0.1, -0.05) is 6.07 Å². The lowest BCUT2D eigenvalue weighted by Gasteiger charge is -2.10. The topological polar surface area (TPSA) is 134 Å². The van der Waals surface area contributed by atoms with Gasteiger partial charge in [0.05, 0.1) is 49.8 Å². The van der Waals surface area contributed by atoms with Crippen LogP contribution in [0.5, 0.6) is 23.1 Å². The molecule has 0 unspecified atom stereocenters. The van der Waals surface area contributed by atoms with Crippen molar-refractivity contribution in [3.63, 3.8) is 0 Å². The molecule has 0 bridgehead atoms. The number of nitrogens with zero attached hydrogens (tertiary/aromatic N) is 5. The summed E-state index contributed by atoms with van der Waals surface area (Å²) in [5, 5.41) is 16.6. The largest absolute Gasteiger partial charge is 0.493 e. The van der Waals surface area contributed by atoms with E-state index in [-0.39, 0.29) is 19.1 Å². The fraction of sp³-hybridized carbons (Fsp3) is 0.190. The van der Waals surface area contributed by atoms with Crippen LogP contribution in [0, 0.1) is 0 Å². The Balaban J connectivity index is 1.48. The highest BCUT2D eigenvalue weighted by atomic mass is 16.5. The molecule has 1 amide bonds. The van der Waals surface area contributed by atoms with Gasteiger partial charge in [-0.2, -0.15) is 5.10 Å². The molecule has 0 aliphatic carbocycles. The number of aliphatic hydroxyl groups is 1. The number of carbonyl (C=O) groups excluding carboxylic acids is 1. The van der Waals surface area contributed by atoms with E-state index in [0.717, 1.165) is 0 Å². The molecule has 0 saturated heterocycles. The Bertz CT molecular complexity index is 1260. The smallest absolute Gasteiger partial charge is 0.247 e. The number of methoxy groups -OCH3 is 2. The van der Waals surface area contributed by atoms with E-state index in [0.29, 0.717) is 45.5 Å². The van der Waals surface area contributed by atoms with Crippen molar-refractivity contribution in [3.8, 4) is 23.1 Å². The van der Waals surface area contributed by atoms with Crippen LogP contribution < -0.4 is 19.5 Å². The summed E-state index contributed by atoms with van der Waals surface area (Å²) in [5.74, 6) is 1.79. The predicted molar refractivity (Wildman–Crippen MR) is 114 cm³/mol. The Kier molecular flexibility index (Phi) is 6.08. The predicted octanol–water partition coefficient (Wildman–Crippen LogP) is 2.16. The van der Waals surface area contributed by atoms with Crippen molar-refractivity contribution >= 4 is 22.6 Å². The highest BCUT2D eigenvalue weighted by molar-refractivity contribution is 5.89. The second-order valence-electron chi connectivity index (χ2n) is 6.60. The first-order chi connectivity index (χ1) is 15.6. The lowest BCUT2D eigenvalue weighted by molar-refractivity contribution is -0.116. The molecule has 11 nitrogen and oxygen atoms in total. The number of pyridine rings is 1. The van der Waals surface area contributed by atoms with Crippen molar-refractivity contribution in [3.05, 3.63) is 54.7 Å². The van der Waals surface area contributed by atoms with E-state index in [1.807, 2.05) is 0 Å². The molecule has 0 aliphatic heterocycles. The Labute approximate surface area is 182 Å². The Hall–Kier alpha value is -4.25. The molecule has 11 heteroatoms. The van der Waals surface area contributed by atoms with Gasteiger partial charge in [0.25, 0.3) is 0 Å². The van der Waals surface area contributed by atoms with Crippen molar-refractivity contribution in [1.29, 1.82) is 0 Å². The van der Waals surface area contributed by atoms with Gasteiger partial charge in [-0.15, -0.1) is 0 Å². The van der Waals surface area contributed by atoms with E-state index in [4.69, 9.17) is 19.3 Å². The zero-order valence-electron chi connectivity index (χ0n) is 17.3. The number of nitrogens with one attached hydrogen (secondary N) is 1. The number of aromatic nitrogens is 5. The van der Waals surface area contributed by atoms with Gasteiger partial charge in [-0.05, 0) is 18.2 Å². The van der Waals surface area contributed by atoms with E-state index in [9.17, 15) is 4.79 Å². The van der Waals surface area contributed by atoms with E-state index < -0.39 is 0 Å². The molecule has 0 radical (unpaired) electrons. The molecule has 0 fully saturated rings. The molecule has 3 heterocycles. The van der Waals surface area contributed by atoms with E-state index >= 15 is 0 Å². The molecular formula is C21H20N6O5. The van der Waals surface area contributed by atoms with Crippen molar-refractivity contribution in [2.24, 2.45) is 0 Å². The third kappa shape index (κ3) is 4.57. The van der Waals surface area contributed by atoms with Crippen LogP contribution in [0.25, 0.3) is 10.9 Å². The minimum absolute atomic E-state index is 0.0517. The van der Waals surface area contributed by atoms with Gasteiger partial charge in [0.15, 0.2) is 17.2 Å². The van der Waals surface area contributed by atoms with Gasteiger partial charge in [0, 0.05) is 6.07 Å². The van der Waals surface area contributed by atoms with Gasteiger partial charge >= 0.3 is 0 Å². The minimum Gasteiger partial charge on any atom is -0.493 e. The minimum atomic E-state index is -0.327. The summed E-state index contributed by atoms with van der Waals surface area (Å²) in [6.45, 7) is -0.260. The van der Waals surface area contributed by atoms with E-state index in [2.05, 4.69) is 25.4 Å². The average Bonchev–Trinajstić information content (AvgIpc) is 3.24. The molecule has 0 aliphatic rings. The Morgan fingerprint density at radius 2 is 1.97 bits per heavy atom. The number of hydrogen-bond acceptors (Lipinski definition) is 9. The molecule has 0 saturated carbocycles. The maximum atomic E-state index is 12.3. The molecule has 0 spiro atoms.